The first-order valence-corrected chi connectivity index (χ1v) is 9.51. The van der Waals surface area contributed by atoms with Gasteiger partial charge in [0.2, 0.25) is 5.91 Å². The summed E-state index contributed by atoms with van der Waals surface area (Å²) in [6.07, 6.45) is 2.06. The second-order valence-corrected chi connectivity index (χ2v) is 6.49. The summed E-state index contributed by atoms with van der Waals surface area (Å²) in [6, 6.07) is 6.01. The Bertz CT molecular complexity index is 653. The third-order valence-electron chi connectivity index (χ3n) is 3.76. The van der Waals surface area contributed by atoms with Gasteiger partial charge in [-0.3, -0.25) is 9.69 Å². The highest BCUT2D eigenvalue weighted by Crippen LogP contribution is 2.22. The average Bonchev–Trinajstić information content (AvgIpc) is 2.92. The second kappa shape index (κ2) is 11.3. The van der Waals surface area contributed by atoms with Crippen LogP contribution >= 0.6 is 35.7 Å². The van der Waals surface area contributed by atoms with Gasteiger partial charge in [-0.25, -0.2) is 9.79 Å². The van der Waals surface area contributed by atoms with Crippen molar-refractivity contribution in [2.45, 2.75) is 25.3 Å². The molecule has 1 aliphatic heterocycles. The third-order valence-corrected chi connectivity index (χ3v) is 4.58. The number of halogens is 1. The molecule has 0 radical (unpaired) electrons. The molecule has 0 spiro atoms. The predicted molar refractivity (Wildman–Crippen MR) is 116 cm³/mol. The van der Waals surface area contributed by atoms with Gasteiger partial charge in [0.25, 0.3) is 0 Å². The van der Waals surface area contributed by atoms with Gasteiger partial charge in [0.05, 0.1) is 13.1 Å². The maximum absolute atomic E-state index is 11.6. The molecule has 0 atom stereocenters. The molecule has 1 fully saturated rings. The predicted octanol–water partition coefficient (Wildman–Crippen LogP) is 1.94. The molecule has 0 aromatic heterocycles. The summed E-state index contributed by atoms with van der Waals surface area (Å²) in [5, 5.41) is 8.85. The van der Waals surface area contributed by atoms with Crippen LogP contribution in [0.5, 0.6) is 0 Å². The topological polar surface area (TPSA) is 85.8 Å². The minimum absolute atomic E-state index is 0. The Balaban J connectivity index is 0.00000338. The van der Waals surface area contributed by atoms with Crippen molar-refractivity contribution < 1.29 is 9.59 Å². The molecule has 0 unspecified atom stereocenters. The van der Waals surface area contributed by atoms with E-state index in [1.807, 2.05) is 6.92 Å². The molecule has 0 aliphatic carbocycles. The van der Waals surface area contributed by atoms with Gasteiger partial charge < -0.3 is 16.0 Å². The van der Waals surface area contributed by atoms with Crippen LogP contribution in [0.3, 0.4) is 0 Å². The lowest BCUT2D eigenvalue weighted by Crippen LogP contribution is -2.43. The Hall–Kier alpha value is -1.49. The molecule has 144 valence electrons. The highest BCUT2D eigenvalue weighted by Gasteiger charge is 2.27. The lowest BCUT2D eigenvalue weighted by atomic mass is 10.1. The zero-order valence-electron chi connectivity index (χ0n) is 15.3. The van der Waals surface area contributed by atoms with Gasteiger partial charge in [0.1, 0.15) is 0 Å². The van der Waals surface area contributed by atoms with E-state index in [0.717, 1.165) is 6.54 Å². The molecule has 2 rings (SSSR count). The van der Waals surface area contributed by atoms with Crippen molar-refractivity contribution in [3.63, 3.8) is 0 Å². The number of amides is 3. The summed E-state index contributed by atoms with van der Waals surface area (Å²) in [4.78, 5) is 30.1. The highest BCUT2D eigenvalue weighted by atomic mass is 127. The quantitative estimate of drug-likeness (QED) is 0.179. The number of carbonyl (C=O) groups is 2. The van der Waals surface area contributed by atoms with Crippen LogP contribution in [-0.4, -0.2) is 55.2 Å². The molecule has 1 aromatic carbocycles. The number of carbonyl (C=O) groups excluding carboxylic acids is 2. The first-order chi connectivity index (χ1) is 12.0. The highest BCUT2D eigenvalue weighted by molar-refractivity contribution is 14.0. The lowest BCUT2D eigenvalue weighted by Gasteiger charge is -2.15. The van der Waals surface area contributed by atoms with E-state index >= 15 is 0 Å². The Morgan fingerprint density at radius 2 is 2.12 bits per heavy atom. The number of nitrogens with one attached hydrogen (secondary N) is 3. The first-order valence-electron chi connectivity index (χ1n) is 8.29. The van der Waals surface area contributed by atoms with Gasteiger partial charge in [0, 0.05) is 24.5 Å². The van der Waals surface area contributed by atoms with Crippen LogP contribution in [0.4, 0.5) is 4.79 Å². The molecule has 3 amide bonds. The fourth-order valence-electron chi connectivity index (χ4n) is 2.46. The number of aryl methyl sites for hydroxylation is 1. The maximum atomic E-state index is 11.6. The third kappa shape index (κ3) is 6.35. The molecule has 0 bridgehead atoms. The van der Waals surface area contributed by atoms with Crippen molar-refractivity contribution in [3.8, 4) is 0 Å². The molecular weight excluding hydrogens is 465 g/mol. The minimum Gasteiger partial charge on any atom is -0.357 e. The van der Waals surface area contributed by atoms with Crippen molar-refractivity contribution in [1.29, 1.82) is 0 Å². The second-order valence-electron chi connectivity index (χ2n) is 5.64. The summed E-state index contributed by atoms with van der Waals surface area (Å²) in [7, 11) is 0. The van der Waals surface area contributed by atoms with E-state index in [4.69, 9.17) is 0 Å². The van der Waals surface area contributed by atoms with Crippen molar-refractivity contribution in [2.75, 3.05) is 32.4 Å². The van der Waals surface area contributed by atoms with Gasteiger partial charge in [-0.1, -0.05) is 12.1 Å². The van der Waals surface area contributed by atoms with Crippen molar-refractivity contribution in [1.82, 2.24) is 20.9 Å². The number of nitrogens with zero attached hydrogens (tertiary/aromatic N) is 2. The van der Waals surface area contributed by atoms with Crippen molar-refractivity contribution >= 4 is 53.6 Å². The number of hydrogen-bond donors (Lipinski definition) is 3. The van der Waals surface area contributed by atoms with Crippen LogP contribution < -0.4 is 16.0 Å². The molecule has 3 N–H and O–H groups in total. The monoisotopic (exact) mass is 491 g/mol. The van der Waals surface area contributed by atoms with E-state index in [1.165, 1.54) is 20.9 Å². The number of aliphatic imine (C=N–C) groups is 1. The van der Waals surface area contributed by atoms with Gasteiger partial charge in [0.15, 0.2) is 5.96 Å². The minimum atomic E-state index is -0.335. The standard InChI is InChI=1S/C17H25N5O2S.HI/c1-4-18-16(19-7-8-22-15(23)11-21-17(22)24)20-10-13-6-5-12(2)9-14(13)25-3;/h5-6,9H,4,7-8,10-11H2,1-3H3,(H,21,24)(H2,18,19,20);1H. The van der Waals surface area contributed by atoms with Crippen LogP contribution in [0.2, 0.25) is 0 Å². The van der Waals surface area contributed by atoms with E-state index in [0.29, 0.717) is 25.6 Å². The molecular formula is C17H26IN5O2S. The molecule has 9 heteroatoms. The van der Waals surface area contributed by atoms with Gasteiger partial charge in [-0.2, -0.15) is 0 Å². The molecule has 1 aromatic rings. The van der Waals surface area contributed by atoms with Gasteiger partial charge in [-0.15, -0.1) is 35.7 Å². The number of benzene rings is 1. The Morgan fingerprint density at radius 3 is 2.73 bits per heavy atom. The van der Waals surface area contributed by atoms with E-state index in [-0.39, 0.29) is 42.5 Å². The zero-order valence-corrected chi connectivity index (χ0v) is 18.4. The maximum Gasteiger partial charge on any atom is 0.324 e. The molecule has 0 saturated carbocycles. The van der Waals surface area contributed by atoms with Crippen LogP contribution in [0.1, 0.15) is 18.1 Å². The molecule has 1 heterocycles. The van der Waals surface area contributed by atoms with Crippen LogP contribution in [0.15, 0.2) is 28.1 Å². The fourth-order valence-corrected chi connectivity index (χ4v) is 3.15. The van der Waals surface area contributed by atoms with Crippen LogP contribution in [0.25, 0.3) is 0 Å². The number of rotatable bonds is 7. The van der Waals surface area contributed by atoms with Crippen LogP contribution in [-0.2, 0) is 11.3 Å². The normalized spacial score (nSPS) is 14.1. The lowest BCUT2D eigenvalue weighted by molar-refractivity contribution is -0.124. The van der Waals surface area contributed by atoms with Gasteiger partial charge in [-0.05, 0) is 37.3 Å². The summed E-state index contributed by atoms with van der Waals surface area (Å²) in [5.41, 5.74) is 2.40. The Kier molecular flexibility index (Phi) is 9.78. The molecule has 7 nitrogen and oxygen atoms in total. The summed E-state index contributed by atoms with van der Waals surface area (Å²) in [6.45, 7) is 6.22. The number of thioether (sulfide) groups is 1. The smallest absolute Gasteiger partial charge is 0.324 e. The Labute approximate surface area is 175 Å². The Morgan fingerprint density at radius 1 is 1.35 bits per heavy atom. The molecule has 26 heavy (non-hydrogen) atoms. The SMILES string of the molecule is CCNC(=NCc1ccc(C)cc1SC)NCCN1C(=O)CNC1=O.I. The van der Waals surface area contributed by atoms with E-state index < -0.39 is 0 Å². The number of guanidine groups is 1. The first kappa shape index (κ1) is 22.6. The fraction of sp³-hybridized carbons (Fsp3) is 0.471. The number of imide groups is 1. The van der Waals surface area contributed by atoms with Crippen molar-refractivity contribution in [3.05, 3.63) is 29.3 Å². The zero-order chi connectivity index (χ0) is 18.2. The van der Waals surface area contributed by atoms with Crippen LogP contribution in [0, 0.1) is 6.92 Å². The number of hydrogen-bond acceptors (Lipinski definition) is 4. The summed E-state index contributed by atoms with van der Waals surface area (Å²) < 4.78 is 0. The summed E-state index contributed by atoms with van der Waals surface area (Å²) >= 11 is 1.71. The van der Waals surface area contributed by atoms with E-state index in [2.05, 4.69) is 52.3 Å². The number of urea groups is 1. The van der Waals surface area contributed by atoms with E-state index in [9.17, 15) is 9.59 Å². The van der Waals surface area contributed by atoms with Gasteiger partial charge >= 0.3 is 6.03 Å². The molecule has 1 aliphatic rings. The largest absolute Gasteiger partial charge is 0.357 e. The van der Waals surface area contributed by atoms with E-state index in [1.54, 1.807) is 11.8 Å². The summed E-state index contributed by atoms with van der Waals surface area (Å²) in [5.74, 6) is 0.472. The van der Waals surface area contributed by atoms with Crippen molar-refractivity contribution in [2.24, 2.45) is 4.99 Å². The average molecular weight is 491 g/mol. The molecule has 1 saturated heterocycles.